The van der Waals surface area contributed by atoms with Gasteiger partial charge in [-0.3, -0.25) is 9.59 Å². The summed E-state index contributed by atoms with van der Waals surface area (Å²) < 4.78 is 5.55. The molecule has 2 aliphatic heterocycles. The van der Waals surface area contributed by atoms with Crippen LogP contribution in [0.4, 0.5) is 0 Å². The van der Waals surface area contributed by atoms with E-state index in [4.69, 9.17) is 9.84 Å². The summed E-state index contributed by atoms with van der Waals surface area (Å²) in [5.41, 5.74) is 0.604. The van der Waals surface area contributed by atoms with E-state index in [0.717, 1.165) is 23.6 Å². The van der Waals surface area contributed by atoms with Gasteiger partial charge in [-0.15, -0.1) is 11.8 Å². The molecule has 24 heavy (non-hydrogen) atoms. The van der Waals surface area contributed by atoms with Gasteiger partial charge in [-0.25, -0.2) is 0 Å². The maximum absolute atomic E-state index is 13.1. The fraction of sp³-hybridized carbons (Fsp3) is 0.529. The van der Waals surface area contributed by atoms with Gasteiger partial charge in [-0.05, 0) is 25.5 Å². The number of hydrogen-bond acceptors (Lipinski definition) is 5. The highest BCUT2D eigenvalue weighted by Crippen LogP contribution is 2.33. The van der Waals surface area contributed by atoms with Crippen molar-refractivity contribution in [1.29, 1.82) is 0 Å². The van der Waals surface area contributed by atoms with Crippen molar-refractivity contribution < 1.29 is 19.4 Å². The molecule has 1 aromatic carbocycles. The third kappa shape index (κ3) is 3.73. The summed E-state index contributed by atoms with van der Waals surface area (Å²) in [6.45, 7) is 3.77. The van der Waals surface area contributed by atoms with E-state index in [-0.39, 0.29) is 11.9 Å². The molecular formula is C17H21NO4S2. The van der Waals surface area contributed by atoms with Crippen LogP contribution in [0.25, 0.3) is 0 Å². The second kappa shape index (κ2) is 7.80. The van der Waals surface area contributed by atoms with Crippen molar-refractivity contribution in [3.05, 3.63) is 29.8 Å². The molecule has 0 aromatic heterocycles. The van der Waals surface area contributed by atoms with Gasteiger partial charge in [-0.1, -0.05) is 12.1 Å². The van der Waals surface area contributed by atoms with E-state index in [1.807, 2.05) is 34.9 Å². The van der Waals surface area contributed by atoms with Crippen molar-refractivity contribution in [2.24, 2.45) is 0 Å². The Hall–Kier alpha value is -1.18. The molecule has 3 rings (SSSR count). The first-order chi connectivity index (χ1) is 11.6. The Kier molecular flexibility index (Phi) is 5.73. The number of rotatable bonds is 4. The van der Waals surface area contributed by atoms with Gasteiger partial charge in [-0.2, -0.15) is 11.8 Å². The van der Waals surface area contributed by atoms with Crippen LogP contribution in [0.2, 0.25) is 0 Å². The van der Waals surface area contributed by atoms with E-state index in [1.165, 1.54) is 11.8 Å². The van der Waals surface area contributed by atoms with Gasteiger partial charge in [0.2, 0.25) is 0 Å². The molecule has 0 saturated carbocycles. The van der Waals surface area contributed by atoms with Crippen LogP contribution in [0.3, 0.4) is 0 Å². The molecule has 1 N–H and O–H groups in total. The summed E-state index contributed by atoms with van der Waals surface area (Å²) in [6, 6.07) is 7.52. The van der Waals surface area contributed by atoms with Gasteiger partial charge in [0.25, 0.3) is 5.91 Å². The number of carboxylic acid groups (broad SMARTS) is 1. The zero-order valence-electron chi connectivity index (χ0n) is 13.5. The summed E-state index contributed by atoms with van der Waals surface area (Å²) in [6.07, 6.45) is 0.865. The van der Waals surface area contributed by atoms with E-state index in [9.17, 15) is 9.59 Å². The van der Waals surface area contributed by atoms with Crippen LogP contribution in [0, 0.1) is 0 Å². The van der Waals surface area contributed by atoms with Crippen LogP contribution in [-0.4, -0.2) is 63.9 Å². The zero-order chi connectivity index (χ0) is 17.1. The van der Waals surface area contributed by atoms with E-state index in [1.54, 1.807) is 13.0 Å². The van der Waals surface area contributed by atoms with E-state index >= 15 is 0 Å². The predicted octanol–water partition coefficient (Wildman–Crippen LogP) is 2.60. The van der Waals surface area contributed by atoms with Crippen LogP contribution >= 0.6 is 23.5 Å². The number of carbonyl (C=O) groups is 2. The van der Waals surface area contributed by atoms with Crippen LogP contribution in [-0.2, 0) is 9.53 Å². The number of hydrogen-bond donors (Lipinski definition) is 1. The predicted molar refractivity (Wildman–Crippen MR) is 95.9 cm³/mol. The molecule has 0 aliphatic carbocycles. The number of amides is 1. The summed E-state index contributed by atoms with van der Waals surface area (Å²) in [5, 5.41) is 8.89. The lowest BCUT2D eigenvalue weighted by molar-refractivity contribution is -0.136. The first-order valence-electron chi connectivity index (χ1n) is 8.06. The van der Waals surface area contributed by atoms with Crippen molar-refractivity contribution in [1.82, 2.24) is 4.90 Å². The third-order valence-electron chi connectivity index (χ3n) is 4.36. The quantitative estimate of drug-likeness (QED) is 0.825. The Balaban J connectivity index is 1.82. The number of carboxylic acids is 1. The summed E-state index contributed by atoms with van der Waals surface area (Å²) in [7, 11) is 0. The molecule has 130 valence electrons. The fourth-order valence-corrected chi connectivity index (χ4v) is 5.30. The maximum Gasteiger partial charge on any atom is 0.316 e. The van der Waals surface area contributed by atoms with Crippen molar-refractivity contribution in [2.45, 2.75) is 34.8 Å². The maximum atomic E-state index is 13.1. The second-order valence-electron chi connectivity index (χ2n) is 5.93. The first-order valence-corrected chi connectivity index (χ1v) is 9.99. The van der Waals surface area contributed by atoms with Crippen LogP contribution in [0.15, 0.2) is 29.2 Å². The van der Waals surface area contributed by atoms with Gasteiger partial charge in [0.15, 0.2) is 0 Å². The SMILES string of the molecule is CC(Sc1ccccc1C(=O)N1CCSC2COCCC21)C(=O)O. The molecule has 3 unspecified atom stereocenters. The highest BCUT2D eigenvalue weighted by atomic mass is 32.2. The average molecular weight is 367 g/mol. The Morgan fingerprint density at radius 2 is 2.21 bits per heavy atom. The topological polar surface area (TPSA) is 66.8 Å². The van der Waals surface area contributed by atoms with E-state index in [2.05, 4.69) is 0 Å². The standard InChI is InChI=1S/C17H21NO4S2/c1-11(17(20)21)24-14-5-3-2-4-12(14)16(19)18-7-9-23-15-10-22-8-6-13(15)18/h2-5,11,13,15H,6-10H2,1H3,(H,20,21). The Bertz CT molecular complexity index is 622. The van der Waals surface area contributed by atoms with Crippen molar-refractivity contribution in [3.63, 3.8) is 0 Å². The van der Waals surface area contributed by atoms with Gasteiger partial charge in [0.05, 0.1) is 12.2 Å². The van der Waals surface area contributed by atoms with Gasteiger partial charge >= 0.3 is 5.97 Å². The molecule has 2 saturated heterocycles. The first kappa shape index (κ1) is 17.6. The molecule has 5 nitrogen and oxygen atoms in total. The Labute approximate surface area is 150 Å². The monoisotopic (exact) mass is 367 g/mol. The fourth-order valence-electron chi connectivity index (χ4n) is 3.08. The number of benzene rings is 1. The second-order valence-corrected chi connectivity index (χ2v) is 8.66. The molecule has 0 bridgehead atoms. The van der Waals surface area contributed by atoms with Crippen molar-refractivity contribution in [3.8, 4) is 0 Å². The van der Waals surface area contributed by atoms with E-state index in [0.29, 0.717) is 24.0 Å². The number of nitrogens with zero attached hydrogens (tertiary/aromatic N) is 1. The molecule has 1 aromatic rings. The molecule has 2 fully saturated rings. The molecule has 1 amide bonds. The van der Waals surface area contributed by atoms with Crippen molar-refractivity contribution >= 4 is 35.4 Å². The highest BCUT2D eigenvalue weighted by molar-refractivity contribution is 8.00. The van der Waals surface area contributed by atoms with Crippen LogP contribution < -0.4 is 0 Å². The minimum Gasteiger partial charge on any atom is -0.480 e. The minimum absolute atomic E-state index is 0.00730. The number of ether oxygens (including phenoxy) is 1. The zero-order valence-corrected chi connectivity index (χ0v) is 15.1. The summed E-state index contributed by atoms with van der Waals surface area (Å²) in [4.78, 5) is 27.0. The molecule has 0 spiro atoms. The molecular weight excluding hydrogens is 346 g/mol. The average Bonchev–Trinajstić information content (AvgIpc) is 2.61. The van der Waals surface area contributed by atoms with Crippen LogP contribution in [0.1, 0.15) is 23.7 Å². The molecule has 2 heterocycles. The molecule has 7 heteroatoms. The van der Waals surface area contributed by atoms with Crippen molar-refractivity contribution in [2.75, 3.05) is 25.5 Å². The summed E-state index contributed by atoms with van der Waals surface area (Å²) in [5.74, 6) is 0.0471. The molecule has 2 aliphatic rings. The number of thioether (sulfide) groups is 2. The normalized spacial score (nSPS) is 25.0. The summed E-state index contributed by atoms with van der Waals surface area (Å²) >= 11 is 3.10. The van der Waals surface area contributed by atoms with Gasteiger partial charge in [0, 0.05) is 35.1 Å². The smallest absolute Gasteiger partial charge is 0.316 e. The number of aliphatic carboxylic acids is 1. The minimum atomic E-state index is -0.874. The molecule has 0 radical (unpaired) electrons. The van der Waals surface area contributed by atoms with E-state index < -0.39 is 11.2 Å². The number of fused-ring (bicyclic) bond motifs is 1. The third-order valence-corrected chi connectivity index (χ3v) is 6.83. The van der Waals surface area contributed by atoms with Crippen LogP contribution in [0.5, 0.6) is 0 Å². The van der Waals surface area contributed by atoms with Gasteiger partial charge < -0.3 is 14.7 Å². The lowest BCUT2D eigenvalue weighted by Crippen LogP contribution is -2.54. The Morgan fingerprint density at radius 3 is 3.00 bits per heavy atom. The lowest BCUT2D eigenvalue weighted by Gasteiger charge is -2.43. The molecule has 3 atom stereocenters. The highest BCUT2D eigenvalue weighted by Gasteiger charge is 2.37. The lowest BCUT2D eigenvalue weighted by atomic mass is 10.0. The Morgan fingerprint density at radius 1 is 1.42 bits per heavy atom. The largest absolute Gasteiger partial charge is 0.480 e. The van der Waals surface area contributed by atoms with Gasteiger partial charge in [0.1, 0.15) is 5.25 Å². The number of carbonyl (C=O) groups excluding carboxylic acids is 1.